The highest BCUT2D eigenvalue weighted by Gasteiger charge is 1.98. The van der Waals surface area contributed by atoms with Crippen LogP contribution in [0.5, 0.6) is 0 Å². The third-order valence-corrected chi connectivity index (χ3v) is 3.37. The highest BCUT2D eigenvalue weighted by Crippen LogP contribution is 2.19. The molecule has 3 heteroatoms. The van der Waals surface area contributed by atoms with Gasteiger partial charge in [-0.05, 0) is 25.5 Å². The van der Waals surface area contributed by atoms with Crippen molar-refractivity contribution in [1.29, 1.82) is 0 Å². The van der Waals surface area contributed by atoms with Crippen LogP contribution >= 0.6 is 27.9 Å². The van der Waals surface area contributed by atoms with Crippen molar-refractivity contribution in [3.63, 3.8) is 0 Å². The Morgan fingerprint density at radius 3 is 2.69 bits per heavy atom. The van der Waals surface area contributed by atoms with Crippen molar-refractivity contribution in [2.45, 2.75) is 25.6 Å². The van der Waals surface area contributed by atoms with Crippen LogP contribution < -0.4 is 4.72 Å². The van der Waals surface area contributed by atoms with Crippen LogP contribution in [0.25, 0.3) is 0 Å². The van der Waals surface area contributed by atoms with E-state index < -0.39 is 0 Å². The van der Waals surface area contributed by atoms with Gasteiger partial charge in [-0.2, -0.15) is 0 Å². The second kappa shape index (κ2) is 5.68. The van der Waals surface area contributed by atoms with E-state index in [0.717, 1.165) is 5.75 Å². The van der Waals surface area contributed by atoms with Crippen LogP contribution in [-0.2, 0) is 5.75 Å². The normalized spacial score (nSPS) is 10.8. The largest absolute Gasteiger partial charge is 0.261 e. The summed E-state index contributed by atoms with van der Waals surface area (Å²) < 4.78 is 4.51. The van der Waals surface area contributed by atoms with Crippen LogP contribution in [0.3, 0.4) is 0 Å². The highest BCUT2D eigenvalue weighted by atomic mass is 79.9. The van der Waals surface area contributed by atoms with Gasteiger partial charge in [0.05, 0.1) is 0 Å². The number of hydrogen-bond acceptors (Lipinski definition) is 2. The number of nitrogens with one attached hydrogen (secondary N) is 1. The molecular formula is C10H14BrNS. The average molecular weight is 260 g/mol. The van der Waals surface area contributed by atoms with E-state index in [1.807, 2.05) is 6.07 Å². The smallest absolute Gasteiger partial charge is 0.0341 e. The van der Waals surface area contributed by atoms with E-state index in [9.17, 15) is 0 Å². The summed E-state index contributed by atoms with van der Waals surface area (Å²) in [6.45, 7) is 4.29. The van der Waals surface area contributed by atoms with Crippen molar-refractivity contribution >= 4 is 27.9 Å². The summed E-state index contributed by atoms with van der Waals surface area (Å²) in [4.78, 5) is 0. The molecule has 0 bridgehead atoms. The molecule has 0 saturated heterocycles. The minimum atomic E-state index is 0.535. The molecule has 0 spiro atoms. The lowest BCUT2D eigenvalue weighted by molar-refractivity contribution is 0.770. The second-order valence-electron chi connectivity index (χ2n) is 3.15. The Kier molecular flexibility index (Phi) is 4.84. The molecule has 0 fully saturated rings. The van der Waals surface area contributed by atoms with E-state index in [1.165, 1.54) is 10.0 Å². The minimum Gasteiger partial charge on any atom is -0.261 e. The van der Waals surface area contributed by atoms with Crippen molar-refractivity contribution in [3.05, 3.63) is 34.3 Å². The van der Waals surface area contributed by atoms with Crippen LogP contribution in [0, 0.1) is 0 Å². The summed E-state index contributed by atoms with van der Waals surface area (Å²) in [6.07, 6.45) is 0. The molecule has 0 unspecified atom stereocenters. The first-order valence-electron chi connectivity index (χ1n) is 4.31. The van der Waals surface area contributed by atoms with E-state index in [0.29, 0.717) is 6.04 Å². The van der Waals surface area contributed by atoms with Gasteiger partial charge in [-0.1, -0.05) is 46.1 Å². The van der Waals surface area contributed by atoms with Crippen molar-refractivity contribution in [2.75, 3.05) is 0 Å². The fraction of sp³-hybridized carbons (Fsp3) is 0.400. The highest BCUT2D eigenvalue weighted by molar-refractivity contribution is 9.10. The molecule has 72 valence electrons. The molecule has 0 amide bonds. The number of hydrogen-bond donors (Lipinski definition) is 1. The summed E-state index contributed by atoms with van der Waals surface area (Å²) in [5.41, 5.74) is 1.33. The van der Waals surface area contributed by atoms with Gasteiger partial charge in [0, 0.05) is 16.3 Å². The Bertz CT molecular complexity index is 263. The zero-order valence-electron chi connectivity index (χ0n) is 7.88. The fourth-order valence-corrected chi connectivity index (χ4v) is 2.34. The van der Waals surface area contributed by atoms with Crippen LogP contribution in [0.4, 0.5) is 0 Å². The Morgan fingerprint density at radius 1 is 1.38 bits per heavy atom. The predicted molar refractivity (Wildman–Crippen MR) is 63.7 cm³/mol. The van der Waals surface area contributed by atoms with E-state index in [1.54, 1.807) is 11.9 Å². The van der Waals surface area contributed by atoms with E-state index in [-0.39, 0.29) is 0 Å². The molecule has 0 radical (unpaired) electrons. The molecule has 1 N–H and O–H groups in total. The van der Waals surface area contributed by atoms with Crippen molar-refractivity contribution in [3.8, 4) is 0 Å². The lowest BCUT2D eigenvalue weighted by Gasteiger charge is -2.07. The summed E-state index contributed by atoms with van der Waals surface area (Å²) in [7, 11) is 0. The van der Waals surface area contributed by atoms with Crippen LogP contribution in [-0.4, -0.2) is 6.04 Å². The van der Waals surface area contributed by atoms with Crippen LogP contribution in [0.1, 0.15) is 19.4 Å². The summed E-state index contributed by atoms with van der Waals surface area (Å²) in [5, 5.41) is 0. The second-order valence-corrected chi connectivity index (χ2v) is 4.82. The number of benzene rings is 1. The minimum absolute atomic E-state index is 0.535. The fourth-order valence-electron chi connectivity index (χ4n) is 0.902. The molecule has 1 aromatic carbocycles. The predicted octanol–water partition coefficient (Wildman–Crippen LogP) is 3.60. The molecule has 0 aromatic heterocycles. The van der Waals surface area contributed by atoms with Gasteiger partial charge >= 0.3 is 0 Å². The molecule has 1 rings (SSSR count). The third kappa shape index (κ3) is 4.16. The van der Waals surface area contributed by atoms with Gasteiger partial charge in [0.25, 0.3) is 0 Å². The molecule has 1 aromatic rings. The maximum Gasteiger partial charge on any atom is 0.0341 e. The quantitative estimate of drug-likeness (QED) is 0.830. The van der Waals surface area contributed by atoms with Gasteiger partial charge in [0.2, 0.25) is 0 Å². The first kappa shape index (κ1) is 11.1. The Labute approximate surface area is 92.6 Å². The molecule has 0 heterocycles. The lowest BCUT2D eigenvalue weighted by atomic mass is 10.2. The molecule has 0 saturated carbocycles. The number of halogens is 1. The Morgan fingerprint density at radius 2 is 2.08 bits per heavy atom. The van der Waals surface area contributed by atoms with Crippen LogP contribution in [0.2, 0.25) is 0 Å². The van der Waals surface area contributed by atoms with Crippen LogP contribution in [0.15, 0.2) is 28.7 Å². The van der Waals surface area contributed by atoms with Gasteiger partial charge in [0.15, 0.2) is 0 Å². The molecule has 0 aliphatic carbocycles. The first-order valence-corrected chi connectivity index (χ1v) is 6.08. The summed E-state index contributed by atoms with van der Waals surface area (Å²) in [6, 6.07) is 8.85. The SMILES string of the molecule is CC(C)NSCc1ccccc1Br. The van der Waals surface area contributed by atoms with Gasteiger partial charge < -0.3 is 0 Å². The first-order chi connectivity index (χ1) is 6.20. The van der Waals surface area contributed by atoms with Gasteiger partial charge in [0.1, 0.15) is 0 Å². The van der Waals surface area contributed by atoms with E-state index in [2.05, 4.69) is 52.7 Å². The topological polar surface area (TPSA) is 12.0 Å². The molecule has 0 aliphatic rings. The molecule has 0 aliphatic heterocycles. The standard InChI is InChI=1S/C10H14BrNS/c1-8(2)12-13-7-9-5-3-4-6-10(9)11/h3-6,8,12H,7H2,1-2H3. The molecule has 0 atom stereocenters. The zero-order chi connectivity index (χ0) is 9.68. The molecule has 1 nitrogen and oxygen atoms in total. The Hall–Kier alpha value is 0.01000. The number of rotatable bonds is 4. The van der Waals surface area contributed by atoms with Crippen molar-refractivity contribution < 1.29 is 0 Å². The summed E-state index contributed by atoms with van der Waals surface area (Å²) >= 11 is 5.27. The van der Waals surface area contributed by atoms with Gasteiger partial charge in [-0.3, -0.25) is 4.72 Å². The van der Waals surface area contributed by atoms with E-state index >= 15 is 0 Å². The van der Waals surface area contributed by atoms with E-state index in [4.69, 9.17) is 0 Å². The lowest BCUT2D eigenvalue weighted by Crippen LogP contribution is -2.14. The zero-order valence-corrected chi connectivity index (χ0v) is 10.3. The maximum absolute atomic E-state index is 3.52. The molecular weight excluding hydrogens is 246 g/mol. The third-order valence-electron chi connectivity index (χ3n) is 1.50. The monoisotopic (exact) mass is 259 g/mol. The summed E-state index contributed by atoms with van der Waals surface area (Å²) in [5.74, 6) is 1.000. The van der Waals surface area contributed by atoms with Gasteiger partial charge in [-0.25, -0.2) is 0 Å². The maximum atomic E-state index is 3.52. The molecule has 13 heavy (non-hydrogen) atoms. The Balaban J connectivity index is 2.41. The van der Waals surface area contributed by atoms with Crippen molar-refractivity contribution in [1.82, 2.24) is 4.72 Å². The van der Waals surface area contributed by atoms with Crippen molar-refractivity contribution in [2.24, 2.45) is 0 Å². The average Bonchev–Trinajstić information content (AvgIpc) is 2.08. The van der Waals surface area contributed by atoms with Gasteiger partial charge in [-0.15, -0.1) is 0 Å².